The van der Waals surface area contributed by atoms with Gasteiger partial charge in [-0.25, -0.2) is 4.39 Å². The van der Waals surface area contributed by atoms with E-state index in [0.29, 0.717) is 5.56 Å². The molecule has 2 aromatic rings. The SMILES string of the molecule is COCOCc1ccc(C(CC2CC2)NC(C)c2ccccc2)cc1F. The fraction of sp³-hybridized carbons (Fsp3) is 0.455. The van der Waals surface area contributed by atoms with Crippen LogP contribution >= 0.6 is 0 Å². The molecule has 1 fully saturated rings. The first-order valence-electron chi connectivity index (χ1n) is 9.33. The summed E-state index contributed by atoms with van der Waals surface area (Å²) in [6.07, 6.45) is 3.61. The molecule has 4 heteroatoms. The van der Waals surface area contributed by atoms with Gasteiger partial charge in [0.1, 0.15) is 12.6 Å². The molecule has 3 nitrogen and oxygen atoms in total. The first-order chi connectivity index (χ1) is 12.7. The third-order valence-electron chi connectivity index (χ3n) is 4.95. The number of rotatable bonds is 10. The molecule has 0 heterocycles. The first kappa shape index (κ1) is 19.0. The van der Waals surface area contributed by atoms with Crippen molar-refractivity contribution in [1.82, 2.24) is 5.32 Å². The molecule has 26 heavy (non-hydrogen) atoms. The third kappa shape index (κ3) is 5.37. The molecular formula is C22H28FNO2. The molecule has 140 valence electrons. The summed E-state index contributed by atoms with van der Waals surface area (Å²) in [7, 11) is 1.56. The zero-order valence-electron chi connectivity index (χ0n) is 15.6. The van der Waals surface area contributed by atoms with Crippen molar-refractivity contribution in [3.63, 3.8) is 0 Å². The van der Waals surface area contributed by atoms with E-state index in [4.69, 9.17) is 9.47 Å². The molecule has 0 aromatic heterocycles. The van der Waals surface area contributed by atoms with E-state index in [9.17, 15) is 4.39 Å². The van der Waals surface area contributed by atoms with Crippen LogP contribution in [0.2, 0.25) is 0 Å². The minimum Gasteiger partial charge on any atom is -0.359 e. The monoisotopic (exact) mass is 357 g/mol. The fourth-order valence-electron chi connectivity index (χ4n) is 3.26. The van der Waals surface area contributed by atoms with Gasteiger partial charge < -0.3 is 14.8 Å². The highest BCUT2D eigenvalue weighted by atomic mass is 19.1. The van der Waals surface area contributed by atoms with Crippen molar-refractivity contribution in [2.75, 3.05) is 13.9 Å². The second-order valence-electron chi connectivity index (χ2n) is 7.14. The Bertz CT molecular complexity index is 688. The number of methoxy groups -OCH3 is 1. The van der Waals surface area contributed by atoms with Crippen LogP contribution in [0.3, 0.4) is 0 Å². The molecular weight excluding hydrogens is 329 g/mol. The summed E-state index contributed by atoms with van der Waals surface area (Å²) in [5.74, 6) is 0.539. The average molecular weight is 357 g/mol. The molecule has 2 unspecified atom stereocenters. The van der Waals surface area contributed by atoms with Gasteiger partial charge in [-0.3, -0.25) is 0 Å². The van der Waals surface area contributed by atoms with Crippen LogP contribution in [0, 0.1) is 11.7 Å². The van der Waals surface area contributed by atoms with Gasteiger partial charge in [0.2, 0.25) is 0 Å². The fourth-order valence-corrected chi connectivity index (χ4v) is 3.26. The van der Waals surface area contributed by atoms with Crippen molar-refractivity contribution in [3.05, 3.63) is 71.0 Å². The van der Waals surface area contributed by atoms with Crippen molar-refractivity contribution in [2.45, 2.75) is 44.9 Å². The Morgan fingerprint density at radius 2 is 1.88 bits per heavy atom. The van der Waals surface area contributed by atoms with Crippen molar-refractivity contribution in [3.8, 4) is 0 Å². The summed E-state index contributed by atoms with van der Waals surface area (Å²) in [5, 5.41) is 3.70. The molecule has 0 aliphatic heterocycles. The van der Waals surface area contributed by atoms with E-state index in [2.05, 4.69) is 36.5 Å². The van der Waals surface area contributed by atoms with Crippen molar-refractivity contribution in [1.29, 1.82) is 0 Å². The lowest BCUT2D eigenvalue weighted by atomic mass is 9.97. The number of hydrogen-bond acceptors (Lipinski definition) is 3. The van der Waals surface area contributed by atoms with Gasteiger partial charge >= 0.3 is 0 Å². The Balaban J connectivity index is 1.71. The molecule has 3 rings (SSSR count). The number of halogens is 1. The normalized spacial score (nSPS) is 16.4. The molecule has 0 radical (unpaired) electrons. The Morgan fingerprint density at radius 1 is 1.12 bits per heavy atom. The molecule has 1 aliphatic rings. The lowest BCUT2D eigenvalue weighted by molar-refractivity contribution is -0.0398. The number of ether oxygens (including phenoxy) is 2. The van der Waals surface area contributed by atoms with Crippen LogP contribution in [0.15, 0.2) is 48.5 Å². The quantitative estimate of drug-likeness (QED) is 0.472. The molecule has 0 bridgehead atoms. The molecule has 1 aliphatic carbocycles. The van der Waals surface area contributed by atoms with Gasteiger partial charge in [0.15, 0.2) is 0 Å². The van der Waals surface area contributed by atoms with Crippen LogP contribution < -0.4 is 5.32 Å². The summed E-state index contributed by atoms with van der Waals surface area (Å²) in [5.41, 5.74) is 2.82. The van der Waals surface area contributed by atoms with Crippen molar-refractivity contribution in [2.24, 2.45) is 5.92 Å². The van der Waals surface area contributed by atoms with E-state index in [1.807, 2.05) is 18.2 Å². The summed E-state index contributed by atoms with van der Waals surface area (Å²) in [4.78, 5) is 0. The van der Waals surface area contributed by atoms with Gasteiger partial charge in [0, 0.05) is 24.8 Å². The van der Waals surface area contributed by atoms with E-state index >= 15 is 0 Å². The molecule has 2 aromatic carbocycles. The Morgan fingerprint density at radius 3 is 2.54 bits per heavy atom. The molecule has 1 N–H and O–H groups in total. The number of hydrogen-bond donors (Lipinski definition) is 1. The maximum atomic E-state index is 14.5. The lowest BCUT2D eigenvalue weighted by Crippen LogP contribution is -2.25. The van der Waals surface area contributed by atoms with E-state index in [1.165, 1.54) is 18.4 Å². The second-order valence-corrected chi connectivity index (χ2v) is 7.14. The van der Waals surface area contributed by atoms with Crippen LogP contribution in [0.1, 0.15) is 55.0 Å². The zero-order chi connectivity index (χ0) is 18.4. The standard InChI is InChI=1S/C22H28FNO2/c1-16(18-6-4-3-5-7-18)24-22(12-17-8-9-17)19-10-11-20(21(23)13-19)14-26-15-25-2/h3-7,10-11,13,16-17,22,24H,8-9,12,14-15H2,1-2H3. The van der Waals surface area contributed by atoms with Gasteiger partial charge in [0.25, 0.3) is 0 Å². The highest BCUT2D eigenvalue weighted by Crippen LogP contribution is 2.38. The van der Waals surface area contributed by atoms with Gasteiger partial charge in [0.05, 0.1) is 6.61 Å². The average Bonchev–Trinajstić information content (AvgIpc) is 3.47. The van der Waals surface area contributed by atoms with Crippen molar-refractivity contribution >= 4 is 0 Å². The topological polar surface area (TPSA) is 30.5 Å². The minimum atomic E-state index is -0.214. The zero-order valence-corrected chi connectivity index (χ0v) is 15.6. The van der Waals surface area contributed by atoms with E-state index in [1.54, 1.807) is 13.2 Å². The highest BCUT2D eigenvalue weighted by molar-refractivity contribution is 5.27. The number of nitrogens with one attached hydrogen (secondary N) is 1. The Kier molecular flexibility index (Phi) is 6.78. The van der Waals surface area contributed by atoms with Crippen molar-refractivity contribution < 1.29 is 13.9 Å². The number of benzene rings is 2. The van der Waals surface area contributed by atoms with Gasteiger partial charge in [-0.2, -0.15) is 0 Å². The third-order valence-corrected chi connectivity index (χ3v) is 4.95. The predicted octanol–water partition coefficient (Wildman–Crippen LogP) is 5.14. The second kappa shape index (κ2) is 9.26. The molecule has 0 amide bonds. The van der Waals surface area contributed by atoms with E-state index in [0.717, 1.165) is 17.9 Å². The lowest BCUT2D eigenvalue weighted by Gasteiger charge is -2.25. The van der Waals surface area contributed by atoms with Gasteiger partial charge in [-0.1, -0.05) is 55.3 Å². The van der Waals surface area contributed by atoms with Crippen LogP contribution in [0.5, 0.6) is 0 Å². The maximum absolute atomic E-state index is 14.5. The predicted molar refractivity (Wildman–Crippen MR) is 101 cm³/mol. The Labute approximate surface area is 155 Å². The van der Waals surface area contributed by atoms with Crippen LogP contribution in [0.4, 0.5) is 4.39 Å². The molecule has 0 spiro atoms. The smallest absolute Gasteiger partial charge is 0.146 e. The summed E-state index contributed by atoms with van der Waals surface area (Å²) in [6.45, 7) is 2.56. The van der Waals surface area contributed by atoms with Crippen LogP contribution in [-0.4, -0.2) is 13.9 Å². The summed E-state index contributed by atoms with van der Waals surface area (Å²) >= 11 is 0. The van der Waals surface area contributed by atoms with Crippen LogP contribution in [-0.2, 0) is 16.1 Å². The minimum absolute atomic E-state index is 0.154. The largest absolute Gasteiger partial charge is 0.359 e. The van der Waals surface area contributed by atoms with Gasteiger partial charge in [-0.05, 0) is 36.5 Å². The van der Waals surface area contributed by atoms with E-state index in [-0.39, 0.29) is 31.3 Å². The van der Waals surface area contributed by atoms with E-state index < -0.39 is 0 Å². The highest BCUT2D eigenvalue weighted by Gasteiger charge is 2.27. The van der Waals surface area contributed by atoms with Gasteiger partial charge in [-0.15, -0.1) is 0 Å². The molecule has 1 saturated carbocycles. The molecule has 0 saturated heterocycles. The molecule has 2 atom stereocenters. The summed E-state index contributed by atoms with van der Waals surface area (Å²) < 4.78 is 24.6. The van der Waals surface area contributed by atoms with Crippen LogP contribution in [0.25, 0.3) is 0 Å². The maximum Gasteiger partial charge on any atom is 0.146 e. The summed E-state index contributed by atoms with van der Waals surface area (Å²) in [6, 6.07) is 16.3. The first-order valence-corrected chi connectivity index (χ1v) is 9.33. The Hall–Kier alpha value is -1.75.